The molecule has 3 aliphatic rings. The number of methoxy groups -OCH3 is 2. The summed E-state index contributed by atoms with van der Waals surface area (Å²) in [6.45, 7) is 13.4. The Hall–Kier alpha value is -3.63. The van der Waals surface area contributed by atoms with Crippen molar-refractivity contribution in [3.8, 4) is 5.75 Å². The van der Waals surface area contributed by atoms with Gasteiger partial charge >= 0.3 is 0 Å². The smallest absolute Gasteiger partial charge is 0.222 e. The van der Waals surface area contributed by atoms with E-state index < -0.39 is 0 Å². The molecule has 2 unspecified atom stereocenters. The third-order valence-electron chi connectivity index (χ3n) is 9.19. The molecule has 3 aliphatic heterocycles. The van der Waals surface area contributed by atoms with Crippen LogP contribution in [0.4, 0.5) is 17.2 Å². The van der Waals surface area contributed by atoms with Crippen molar-refractivity contribution >= 4 is 28.7 Å². The Morgan fingerprint density at radius 2 is 1.98 bits per heavy atom. The molecule has 0 spiro atoms. The third kappa shape index (κ3) is 7.61. The van der Waals surface area contributed by atoms with Crippen LogP contribution in [0.25, 0.3) is 5.57 Å². The van der Waals surface area contributed by atoms with Crippen molar-refractivity contribution in [2.45, 2.75) is 64.5 Å². The number of nitrogens with zero attached hydrogens (tertiary/aromatic N) is 5. The highest BCUT2D eigenvalue weighted by Crippen LogP contribution is 2.38. The summed E-state index contributed by atoms with van der Waals surface area (Å²) in [6.07, 6.45) is 8.74. The second-order valence-electron chi connectivity index (χ2n) is 12.3. The van der Waals surface area contributed by atoms with E-state index >= 15 is 0 Å². The van der Waals surface area contributed by atoms with Crippen LogP contribution in [-0.2, 0) is 20.7 Å². The first-order valence-electron chi connectivity index (χ1n) is 16.4. The van der Waals surface area contributed by atoms with Crippen molar-refractivity contribution in [1.82, 2.24) is 14.9 Å². The number of rotatable bonds is 14. The molecule has 1 aromatic heterocycles. The lowest BCUT2D eigenvalue weighted by atomic mass is 9.92. The molecule has 4 heterocycles. The van der Waals surface area contributed by atoms with Gasteiger partial charge in [0.25, 0.3) is 0 Å². The number of carbonyl (C=O) groups is 1. The average molecular weight is 619 g/mol. The van der Waals surface area contributed by atoms with Gasteiger partial charge in [-0.2, -0.15) is 0 Å². The zero-order valence-electron chi connectivity index (χ0n) is 27.5. The predicted molar refractivity (Wildman–Crippen MR) is 180 cm³/mol. The van der Waals surface area contributed by atoms with Crippen molar-refractivity contribution < 1.29 is 19.0 Å². The maximum atomic E-state index is 13.1. The summed E-state index contributed by atoms with van der Waals surface area (Å²) in [5.74, 6) is 2.75. The predicted octanol–water partition coefficient (Wildman–Crippen LogP) is 5.16. The van der Waals surface area contributed by atoms with Crippen LogP contribution in [0, 0.1) is 5.92 Å². The van der Waals surface area contributed by atoms with Gasteiger partial charge in [-0.15, -0.1) is 0 Å². The number of benzene rings is 1. The van der Waals surface area contributed by atoms with E-state index in [-0.39, 0.29) is 11.9 Å². The number of piperidine rings is 1. The van der Waals surface area contributed by atoms with E-state index in [9.17, 15) is 4.79 Å². The highest BCUT2D eigenvalue weighted by atomic mass is 16.5. The Morgan fingerprint density at radius 1 is 1.13 bits per heavy atom. The van der Waals surface area contributed by atoms with Gasteiger partial charge in [-0.1, -0.05) is 37.8 Å². The van der Waals surface area contributed by atoms with Crippen LogP contribution in [0.5, 0.6) is 5.75 Å². The molecule has 0 radical (unpaired) electrons. The summed E-state index contributed by atoms with van der Waals surface area (Å²) in [5.41, 5.74) is 3.95. The number of likely N-dealkylation sites (tertiary alicyclic amines) is 1. The van der Waals surface area contributed by atoms with E-state index in [0.29, 0.717) is 68.3 Å². The fraction of sp³-hybridized carbons (Fsp3) is 0.571. The number of amides is 1. The molecular formula is C35H50N6O4. The molecular weight excluding hydrogens is 568 g/mol. The van der Waals surface area contributed by atoms with Crippen LogP contribution in [0.15, 0.2) is 43.0 Å². The number of fused-ring (bicyclic) bond motifs is 1. The summed E-state index contributed by atoms with van der Waals surface area (Å²) in [6, 6.07) is 9.16. The minimum Gasteiger partial charge on any atom is -0.491 e. The third-order valence-corrected chi connectivity index (χ3v) is 9.19. The van der Waals surface area contributed by atoms with Crippen LogP contribution < -0.4 is 19.9 Å². The average Bonchev–Trinajstić information content (AvgIpc) is 3.69. The number of ether oxygens (including phenoxy) is 3. The number of allylic oxidation sites excluding steroid dienone is 3. The van der Waals surface area contributed by atoms with Crippen LogP contribution in [-0.4, -0.2) is 93.2 Å². The summed E-state index contributed by atoms with van der Waals surface area (Å²) < 4.78 is 17.3. The summed E-state index contributed by atoms with van der Waals surface area (Å²) in [7, 11) is 3.39. The molecule has 1 amide bonds. The fourth-order valence-electron chi connectivity index (χ4n) is 6.95. The molecule has 244 valence electrons. The fourth-order valence-corrected chi connectivity index (χ4v) is 6.95. The highest BCUT2D eigenvalue weighted by molar-refractivity contribution is 5.78. The quantitative estimate of drug-likeness (QED) is 0.228. The van der Waals surface area contributed by atoms with Crippen LogP contribution in [0.2, 0.25) is 0 Å². The van der Waals surface area contributed by atoms with Crippen molar-refractivity contribution in [3.05, 3.63) is 54.5 Å². The van der Waals surface area contributed by atoms with E-state index in [1.165, 1.54) is 11.4 Å². The maximum absolute atomic E-state index is 13.1. The Kier molecular flexibility index (Phi) is 11.3. The molecule has 1 aromatic carbocycles. The maximum Gasteiger partial charge on any atom is 0.222 e. The second kappa shape index (κ2) is 15.6. The van der Waals surface area contributed by atoms with E-state index in [0.717, 1.165) is 57.0 Å². The number of aromatic nitrogens is 2. The lowest BCUT2D eigenvalue weighted by Gasteiger charge is -2.42. The molecule has 2 aromatic rings. The van der Waals surface area contributed by atoms with Crippen LogP contribution >= 0.6 is 0 Å². The van der Waals surface area contributed by atoms with Gasteiger partial charge in [0, 0.05) is 52.2 Å². The van der Waals surface area contributed by atoms with E-state index in [4.69, 9.17) is 24.2 Å². The zero-order valence-corrected chi connectivity index (χ0v) is 27.5. The number of carbonyl (C=O) groups excluding carboxylic acids is 1. The Labute approximate surface area is 268 Å². The first-order chi connectivity index (χ1) is 21.9. The second-order valence-corrected chi connectivity index (χ2v) is 12.3. The Bertz CT molecular complexity index is 1350. The molecule has 2 fully saturated rings. The zero-order chi connectivity index (χ0) is 31.8. The standard InChI is InChI=1S/C35H50N6O4/c1-6-11-25(2)33-34(44-5)35(40-18-9-12-27(40)23-43-4)38-31(37-33)17-21-45-20-10-15-32(42)39-19-16-29(26(3)22-39)41-24-36-28-13-7-8-14-30(28)41/h6-8,11,13-14,26-27,29,36H,2,9-10,12,15-24H2,1,3-5H3/b11-6-/t26-,27?,29?/m0/s1. The van der Waals surface area contributed by atoms with Gasteiger partial charge in [0.05, 0.1) is 44.4 Å². The minimum absolute atomic E-state index is 0.218. The molecule has 3 atom stereocenters. The molecule has 1 N–H and O–H groups in total. The summed E-state index contributed by atoms with van der Waals surface area (Å²) >= 11 is 0. The first-order valence-corrected chi connectivity index (χ1v) is 16.4. The molecule has 10 heteroatoms. The van der Waals surface area contributed by atoms with Gasteiger partial charge in [0.15, 0.2) is 11.6 Å². The van der Waals surface area contributed by atoms with E-state index in [1.54, 1.807) is 14.2 Å². The topological polar surface area (TPSA) is 92.3 Å². The van der Waals surface area contributed by atoms with Crippen LogP contribution in [0.3, 0.4) is 0 Å². The number of para-hydroxylation sites is 2. The monoisotopic (exact) mass is 618 g/mol. The lowest BCUT2D eigenvalue weighted by Crippen LogP contribution is -2.51. The normalized spacial score (nSPS) is 21.3. The van der Waals surface area contributed by atoms with E-state index in [2.05, 4.69) is 52.9 Å². The molecule has 5 rings (SSSR count). The highest BCUT2D eigenvalue weighted by Gasteiger charge is 2.35. The molecule has 0 bridgehead atoms. The van der Waals surface area contributed by atoms with Gasteiger partial charge in [-0.25, -0.2) is 9.97 Å². The largest absolute Gasteiger partial charge is 0.491 e. The van der Waals surface area contributed by atoms with Crippen molar-refractivity contribution in [2.75, 3.05) is 75.5 Å². The van der Waals surface area contributed by atoms with Gasteiger partial charge in [0.1, 0.15) is 11.5 Å². The van der Waals surface area contributed by atoms with Gasteiger partial charge in [-0.3, -0.25) is 4.79 Å². The van der Waals surface area contributed by atoms with Gasteiger partial charge in [-0.05, 0) is 56.2 Å². The lowest BCUT2D eigenvalue weighted by molar-refractivity contribution is -0.133. The summed E-state index contributed by atoms with van der Waals surface area (Å²) in [4.78, 5) is 29.6. The number of anilines is 3. The summed E-state index contributed by atoms with van der Waals surface area (Å²) in [5, 5.41) is 3.50. The minimum atomic E-state index is 0.218. The van der Waals surface area contributed by atoms with Gasteiger partial charge in [0.2, 0.25) is 5.91 Å². The molecule has 0 aliphatic carbocycles. The Morgan fingerprint density at radius 3 is 2.76 bits per heavy atom. The van der Waals surface area contributed by atoms with Crippen LogP contribution in [0.1, 0.15) is 57.5 Å². The van der Waals surface area contributed by atoms with Crippen molar-refractivity contribution in [3.63, 3.8) is 0 Å². The molecule has 2 saturated heterocycles. The van der Waals surface area contributed by atoms with Crippen molar-refractivity contribution in [1.29, 1.82) is 0 Å². The number of hydrogen-bond donors (Lipinski definition) is 1. The molecule has 0 saturated carbocycles. The van der Waals surface area contributed by atoms with Gasteiger partial charge < -0.3 is 34.2 Å². The van der Waals surface area contributed by atoms with Crippen molar-refractivity contribution in [2.24, 2.45) is 5.92 Å². The molecule has 10 nitrogen and oxygen atoms in total. The first kappa shape index (κ1) is 32.8. The Balaban J connectivity index is 1.11. The number of hydrogen-bond acceptors (Lipinski definition) is 9. The van der Waals surface area contributed by atoms with E-state index in [1.807, 2.05) is 24.0 Å². The number of nitrogens with one attached hydrogen (secondary N) is 1. The SMILES string of the molecule is C=C(/C=C\C)c1nc(CCOCCCC(=O)N2CCC(N3CNc4ccccc43)[C@@H](C)C2)nc(N2CCCC2COC)c1OC. The molecule has 45 heavy (non-hydrogen) atoms.